The highest BCUT2D eigenvalue weighted by Crippen LogP contribution is 2.31. The Hall–Kier alpha value is -4.74. The summed E-state index contributed by atoms with van der Waals surface area (Å²) in [5, 5.41) is 10.2. The molecule has 3 heterocycles. The fourth-order valence-corrected chi connectivity index (χ4v) is 4.26. The molecule has 2 aromatic carbocycles. The lowest BCUT2D eigenvalue weighted by molar-refractivity contribution is -0.136. The minimum absolute atomic E-state index is 0.0211. The fraction of sp³-hybridized carbons (Fsp3) is 0.174. The lowest BCUT2D eigenvalue weighted by Gasteiger charge is -2.27. The lowest BCUT2D eigenvalue weighted by atomic mass is 10.0. The van der Waals surface area contributed by atoms with Crippen molar-refractivity contribution >= 4 is 29.5 Å². The van der Waals surface area contributed by atoms with Crippen molar-refractivity contribution in [3.05, 3.63) is 71.2 Å². The number of halogens is 1. The summed E-state index contributed by atoms with van der Waals surface area (Å²) in [6.07, 6.45) is 1.52. The first-order chi connectivity index (χ1) is 16.7. The highest BCUT2D eigenvalue weighted by atomic mass is 19.1. The third kappa shape index (κ3) is 3.74. The number of hydrogen-bond acceptors (Lipinski definition) is 7. The number of nitrogens with zero attached hydrogens (tertiary/aromatic N) is 4. The number of amides is 5. The number of primary amides is 1. The Balaban J connectivity index is 1.45. The van der Waals surface area contributed by atoms with Crippen molar-refractivity contribution in [2.24, 2.45) is 5.73 Å². The minimum Gasteiger partial charge on any atom is -0.368 e. The highest BCUT2D eigenvalue weighted by Gasteiger charge is 2.44. The number of piperidine rings is 1. The van der Waals surface area contributed by atoms with Crippen LogP contribution in [0.3, 0.4) is 0 Å². The van der Waals surface area contributed by atoms with Gasteiger partial charge in [0, 0.05) is 12.0 Å². The molecular weight excluding hydrogens is 459 g/mol. The van der Waals surface area contributed by atoms with E-state index in [0.717, 1.165) is 4.90 Å². The van der Waals surface area contributed by atoms with Crippen LogP contribution in [-0.2, 0) is 14.4 Å². The van der Waals surface area contributed by atoms with Crippen LogP contribution in [0.5, 0.6) is 0 Å². The van der Waals surface area contributed by atoms with Gasteiger partial charge in [-0.2, -0.15) is 0 Å². The summed E-state index contributed by atoms with van der Waals surface area (Å²) in [6, 6.07) is 7.55. The lowest BCUT2D eigenvalue weighted by Crippen LogP contribution is -2.54. The molecule has 5 rings (SSSR count). The molecule has 0 saturated carbocycles. The zero-order valence-corrected chi connectivity index (χ0v) is 18.0. The van der Waals surface area contributed by atoms with Crippen LogP contribution in [0.4, 0.5) is 4.39 Å². The minimum atomic E-state index is -1.07. The second kappa shape index (κ2) is 8.24. The van der Waals surface area contributed by atoms with Gasteiger partial charge in [-0.25, -0.2) is 9.07 Å². The molecule has 0 radical (unpaired) electrons. The number of carbonyl (C=O) groups is 5. The predicted molar refractivity (Wildman–Crippen MR) is 116 cm³/mol. The van der Waals surface area contributed by atoms with Crippen molar-refractivity contribution in [1.82, 2.24) is 25.2 Å². The maximum Gasteiger partial charge on any atom is 0.262 e. The number of benzene rings is 2. The van der Waals surface area contributed by atoms with Gasteiger partial charge in [-0.05, 0) is 36.2 Å². The summed E-state index contributed by atoms with van der Waals surface area (Å²) >= 11 is 0. The Morgan fingerprint density at radius 1 is 1.06 bits per heavy atom. The number of nitrogens with two attached hydrogens (primary N) is 1. The normalized spacial score (nSPS) is 18.4. The molecule has 1 fully saturated rings. The van der Waals surface area contributed by atoms with Crippen LogP contribution in [0.25, 0.3) is 11.3 Å². The van der Waals surface area contributed by atoms with E-state index in [1.165, 1.54) is 47.3 Å². The predicted octanol–water partition coefficient (Wildman–Crippen LogP) is 0.560. The van der Waals surface area contributed by atoms with Crippen LogP contribution in [0.15, 0.2) is 48.7 Å². The van der Waals surface area contributed by atoms with Crippen LogP contribution >= 0.6 is 0 Å². The van der Waals surface area contributed by atoms with E-state index >= 15 is 0 Å². The van der Waals surface area contributed by atoms with E-state index in [1.54, 1.807) is 6.07 Å². The van der Waals surface area contributed by atoms with Gasteiger partial charge in [-0.1, -0.05) is 23.4 Å². The monoisotopic (exact) mass is 476 g/mol. The quantitative estimate of drug-likeness (QED) is 0.509. The summed E-state index contributed by atoms with van der Waals surface area (Å²) in [7, 11) is 0. The molecule has 176 valence electrons. The molecule has 1 saturated heterocycles. The maximum atomic E-state index is 13.3. The molecule has 2 atom stereocenters. The topological polar surface area (TPSA) is 157 Å². The Kier molecular flexibility index (Phi) is 5.20. The average Bonchev–Trinajstić information content (AvgIpc) is 3.39. The molecule has 2 aliphatic heterocycles. The zero-order valence-electron chi connectivity index (χ0n) is 18.0. The van der Waals surface area contributed by atoms with Crippen molar-refractivity contribution in [3.8, 4) is 11.3 Å². The molecule has 5 amide bonds. The van der Waals surface area contributed by atoms with E-state index in [0.29, 0.717) is 16.8 Å². The van der Waals surface area contributed by atoms with E-state index in [1.807, 2.05) is 0 Å². The van der Waals surface area contributed by atoms with Gasteiger partial charge in [0.1, 0.15) is 17.6 Å². The smallest absolute Gasteiger partial charge is 0.262 e. The molecular formula is C23H17FN6O5. The summed E-state index contributed by atoms with van der Waals surface area (Å²) in [5.41, 5.74) is 6.87. The largest absolute Gasteiger partial charge is 0.368 e. The number of hydrogen-bond donors (Lipinski definition) is 2. The van der Waals surface area contributed by atoms with E-state index in [4.69, 9.17) is 5.73 Å². The van der Waals surface area contributed by atoms with Gasteiger partial charge in [0.25, 0.3) is 11.8 Å². The SMILES string of the molecule is NC(=O)C(c1ccc(F)cc1)n1cc(-c2ccc3c(c2)C(=O)N(C2CCC(=O)NC2=O)C3=O)nn1. The molecule has 12 heteroatoms. The second-order valence-electron chi connectivity index (χ2n) is 8.15. The maximum absolute atomic E-state index is 13.3. The van der Waals surface area contributed by atoms with E-state index in [9.17, 15) is 28.4 Å². The molecule has 2 aliphatic rings. The molecule has 1 aromatic heterocycles. The van der Waals surface area contributed by atoms with Crippen LogP contribution in [0.1, 0.15) is 45.2 Å². The van der Waals surface area contributed by atoms with Gasteiger partial charge in [0.2, 0.25) is 17.7 Å². The van der Waals surface area contributed by atoms with Gasteiger partial charge in [-0.15, -0.1) is 5.10 Å². The van der Waals surface area contributed by atoms with E-state index in [-0.39, 0.29) is 24.0 Å². The second-order valence-corrected chi connectivity index (χ2v) is 8.15. The number of carbonyl (C=O) groups excluding carboxylic acids is 5. The van der Waals surface area contributed by atoms with Gasteiger partial charge in [0.05, 0.1) is 17.3 Å². The van der Waals surface area contributed by atoms with Gasteiger partial charge in [-0.3, -0.25) is 34.2 Å². The third-order valence-corrected chi connectivity index (χ3v) is 5.97. The van der Waals surface area contributed by atoms with Crippen LogP contribution in [0.2, 0.25) is 0 Å². The van der Waals surface area contributed by atoms with Crippen molar-refractivity contribution < 1.29 is 28.4 Å². The Morgan fingerprint density at radius 2 is 1.77 bits per heavy atom. The van der Waals surface area contributed by atoms with E-state index in [2.05, 4.69) is 15.6 Å². The molecule has 0 spiro atoms. The van der Waals surface area contributed by atoms with Crippen LogP contribution in [0, 0.1) is 5.82 Å². The highest BCUT2D eigenvalue weighted by molar-refractivity contribution is 6.23. The van der Waals surface area contributed by atoms with Crippen molar-refractivity contribution in [1.29, 1.82) is 0 Å². The van der Waals surface area contributed by atoms with Gasteiger partial charge >= 0.3 is 0 Å². The first kappa shape index (κ1) is 22.1. The first-order valence-electron chi connectivity index (χ1n) is 10.6. The van der Waals surface area contributed by atoms with Gasteiger partial charge < -0.3 is 5.73 Å². The van der Waals surface area contributed by atoms with E-state index < -0.39 is 47.4 Å². The summed E-state index contributed by atoms with van der Waals surface area (Å²) in [4.78, 5) is 62.5. The number of rotatable bonds is 5. The summed E-state index contributed by atoms with van der Waals surface area (Å²) < 4.78 is 14.5. The number of aromatic nitrogens is 3. The van der Waals surface area contributed by atoms with Gasteiger partial charge in [0.15, 0.2) is 6.04 Å². The summed E-state index contributed by atoms with van der Waals surface area (Å²) in [5.74, 6) is -3.64. The molecule has 2 unspecified atom stereocenters. The van der Waals surface area contributed by atoms with Crippen LogP contribution in [-0.4, -0.2) is 55.5 Å². The standard InChI is InChI=1S/C23H17FN6O5/c24-13-4-1-11(2-5-13)19(20(25)32)29-10-16(27-28-29)12-3-6-14-15(9-12)23(35)30(22(14)34)17-7-8-18(31)26-21(17)33/h1-6,9-10,17,19H,7-8H2,(H2,25,32)(H,26,31,33). The first-order valence-corrected chi connectivity index (χ1v) is 10.6. The molecule has 3 aromatic rings. The Bertz CT molecular complexity index is 1420. The fourth-order valence-electron chi connectivity index (χ4n) is 4.26. The Labute approximate surface area is 196 Å². The number of nitrogens with one attached hydrogen (secondary N) is 1. The molecule has 0 aliphatic carbocycles. The average molecular weight is 476 g/mol. The van der Waals surface area contributed by atoms with Crippen LogP contribution < -0.4 is 11.1 Å². The summed E-state index contributed by atoms with van der Waals surface area (Å²) in [6.45, 7) is 0. The van der Waals surface area contributed by atoms with Crippen molar-refractivity contribution in [2.75, 3.05) is 0 Å². The number of imide groups is 2. The molecule has 3 N–H and O–H groups in total. The Morgan fingerprint density at radius 3 is 2.46 bits per heavy atom. The van der Waals surface area contributed by atoms with Crippen molar-refractivity contribution in [3.63, 3.8) is 0 Å². The molecule has 35 heavy (non-hydrogen) atoms. The molecule has 0 bridgehead atoms. The van der Waals surface area contributed by atoms with Crippen molar-refractivity contribution in [2.45, 2.75) is 24.9 Å². The zero-order chi connectivity index (χ0) is 24.9. The third-order valence-electron chi connectivity index (χ3n) is 5.97. The number of fused-ring (bicyclic) bond motifs is 1. The molecule has 11 nitrogen and oxygen atoms in total.